The summed E-state index contributed by atoms with van der Waals surface area (Å²) in [6, 6.07) is 17.6. The Hall–Kier alpha value is -7.47. The molecule has 6 aromatic carbocycles. The number of halogens is 20. The monoisotopic (exact) mass is 1110 g/mol. The van der Waals surface area contributed by atoms with Crippen LogP contribution >= 0.6 is 0 Å². The molecule has 0 amide bonds. The van der Waals surface area contributed by atoms with Crippen molar-refractivity contribution in [2.45, 2.75) is 71.3 Å². The molecule has 25 heteroatoms. The van der Waals surface area contributed by atoms with E-state index in [4.69, 9.17) is 4.74 Å². The van der Waals surface area contributed by atoms with Gasteiger partial charge in [0, 0.05) is 5.56 Å². The van der Waals surface area contributed by atoms with Gasteiger partial charge in [-0.25, -0.2) is 92.8 Å². The predicted octanol–water partition coefficient (Wildman–Crippen LogP) is 12.6. The second kappa shape index (κ2) is 24.7. The fraction of sp³-hybridized carbons (Fsp3) is 0.212. The van der Waals surface area contributed by atoms with Crippen molar-refractivity contribution in [3.05, 3.63) is 201 Å². The number of ketones is 1. The lowest BCUT2D eigenvalue weighted by molar-refractivity contribution is -0.687. The van der Waals surface area contributed by atoms with Gasteiger partial charge in [0.25, 0.3) is 0 Å². The van der Waals surface area contributed by atoms with Gasteiger partial charge in [0.05, 0.1) is 6.20 Å². The summed E-state index contributed by atoms with van der Waals surface area (Å²) in [6.45, 7) is 2.47. The summed E-state index contributed by atoms with van der Waals surface area (Å²) in [4.78, 5) is 16.7. The average Bonchev–Trinajstić information content (AvgIpc) is 3.43. The molecule has 0 aliphatic carbocycles. The highest BCUT2D eigenvalue weighted by molar-refractivity contribution is 7.20. The van der Waals surface area contributed by atoms with Gasteiger partial charge >= 0.3 is 5.88 Å². The Morgan fingerprint density at radius 1 is 0.442 bits per heavy atom. The van der Waals surface area contributed by atoms with Crippen molar-refractivity contribution in [2.24, 2.45) is 0 Å². The van der Waals surface area contributed by atoms with Crippen LogP contribution in [0.1, 0.15) is 74.2 Å². The average molecular weight is 1110 g/mol. The molecule has 1 aromatic heterocycles. The topological polar surface area (TPSA) is 43.1 Å². The number of ether oxygens (including phenoxy) is 1. The van der Waals surface area contributed by atoms with E-state index in [1.165, 1.54) is 56.9 Å². The number of benzene rings is 6. The van der Waals surface area contributed by atoms with Gasteiger partial charge in [0.1, 0.15) is 64.6 Å². The maximum Gasteiger partial charge on any atom is 0.392 e. The number of rotatable bonds is 18. The highest BCUT2D eigenvalue weighted by atomic mass is 19.2. The van der Waals surface area contributed by atoms with Crippen LogP contribution in [0.5, 0.6) is 11.6 Å². The summed E-state index contributed by atoms with van der Waals surface area (Å²) in [6.07, 6.45) is 9.66. The van der Waals surface area contributed by atoms with Crippen LogP contribution in [-0.2, 0) is 13.0 Å². The zero-order valence-electron chi connectivity index (χ0n) is 39.3. The first-order valence-corrected chi connectivity index (χ1v) is 22.9. The quantitative estimate of drug-likeness (QED) is 0.0164. The highest BCUT2D eigenvalue weighted by Crippen LogP contribution is 2.31. The molecule has 0 saturated heterocycles. The van der Waals surface area contributed by atoms with E-state index in [0.29, 0.717) is 11.4 Å². The van der Waals surface area contributed by atoms with E-state index in [1.807, 2.05) is 42.5 Å². The molecule has 0 radical (unpaired) electrons. The summed E-state index contributed by atoms with van der Waals surface area (Å²) < 4.78 is 302. The number of hydrogen-bond acceptors (Lipinski definition) is 3. The maximum absolute atomic E-state index is 15.4. The molecule has 0 spiro atoms. The lowest BCUT2D eigenvalue weighted by Crippen LogP contribution is -2.81. The van der Waals surface area contributed by atoms with Crippen molar-refractivity contribution in [3.63, 3.8) is 0 Å². The van der Waals surface area contributed by atoms with Crippen LogP contribution in [0, 0.1) is 116 Å². The smallest absolute Gasteiger partial charge is 0.392 e. The Morgan fingerprint density at radius 3 is 1.14 bits per heavy atom. The van der Waals surface area contributed by atoms with Crippen molar-refractivity contribution in [1.29, 1.82) is 0 Å². The molecule has 0 aliphatic rings. The number of nitrogens with zero attached hydrogens (tertiary/aromatic N) is 2. The summed E-state index contributed by atoms with van der Waals surface area (Å²) in [7, 11) is 0. The fourth-order valence-electron chi connectivity index (χ4n) is 8.64. The van der Waals surface area contributed by atoms with E-state index in [-0.39, 0.29) is 12.3 Å². The minimum Gasteiger partial charge on any atom is -0.404 e. The molecular weight excluding hydrogens is 1080 g/mol. The van der Waals surface area contributed by atoms with E-state index < -0.39 is 144 Å². The molecule has 7 rings (SSSR count). The summed E-state index contributed by atoms with van der Waals surface area (Å²) in [5, 5.41) is 0. The van der Waals surface area contributed by atoms with Crippen LogP contribution in [-0.4, -0.2) is 16.9 Å². The van der Waals surface area contributed by atoms with Gasteiger partial charge in [0.15, 0.2) is 76.0 Å². The zero-order chi connectivity index (χ0) is 56.8. The predicted molar refractivity (Wildman–Crippen MR) is 237 cm³/mol. The minimum atomic E-state index is -7.22. The fourth-order valence-corrected chi connectivity index (χ4v) is 8.64. The summed E-state index contributed by atoms with van der Waals surface area (Å²) >= 11 is 0. The molecule has 0 fully saturated rings. The van der Waals surface area contributed by atoms with Crippen molar-refractivity contribution in [3.8, 4) is 11.6 Å². The molecule has 0 bridgehead atoms. The van der Waals surface area contributed by atoms with Crippen LogP contribution in [0.3, 0.4) is 0 Å². The van der Waals surface area contributed by atoms with E-state index in [9.17, 15) is 57.5 Å². The van der Waals surface area contributed by atoms with Crippen LogP contribution in [0.15, 0.2) is 73.2 Å². The standard InChI is InChI=1S/C28H35N2O2.C24BF20/c1-2-3-4-5-6-7-8-10-13-24-16-18-26(19-17-24)32-28-22-29-20-21-30(28)23-27(31)25-14-11-9-12-15-25;26-5-1(6(27)14(35)21(42)13(5)34)25(2-7(28)15(36)22(43)16(37)8(2)29,3-9(30)17(38)23(44)18(39)10(3)31)4-11(32)19(40)24(45)20(41)12(4)33/h9,11-12,14-22H,2-8,10,13,23H2,1H3;/q+1;-1. The van der Waals surface area contributed by atoms with E-state index in [0.717, 1.165) is 12.2 Å². The molecule has 0 N–H and O–H groups in total. The molecule has 0 unspecified atom stereocenters. The number of unbranched alkanes of at least 4 members (excludes halogenated alkanes) is 7. The first-order chi connectivity index (χ1) is 36.5. The SMILES string of the molecule is CCCCCCCCCCc1ccc(Oc2cncc[n+]2CC(=O)c2ccccc2)cc1.Fc1c(F)c(F)c([B-](c2c(F)c(F)c(F)c(F)c2F)(c2c(F)c(F)c(F)c(F)c2F)c2c(F)c(F)c(F)c(F)c2F)c(F)c1F. The molecule has 4 nitrogen and oxygen atoms in total. The van der Waals surface area contributed by atoms with E-state index in [2.05, 4.69) is 24.0 Å². The first kappa shape index (κ1) is 58.8. The van der Waals surface area contributed by atoms with Crippen LogP contribution in [0.25, 0.3) is 0 Å². The van der Waals surface area contributed by atoms with Crippen LogP contribution in [0.2, 0.25) is 0 Å². The lowest BCUT2D eigenvalue weighted by atomic mass is 9.12. The Morgan fingerprint density at radius 2 is 0.779 bits per heavy atom. The van der Waals surface area contributed by atoms with Gasteiger partial charge in [0.2, 0.25) is 12.3 Å². The molecule has 408 valence electrons. The van der Waals surface area contributed by atoms with Gasteiger partial charge in [-0.2, -0.15) is 4.57 Å². The highest BCUT2D eigenvalue weighted by Gasteiger charge is 2.52. The Kier molecular flexibility index (Phi) is 18.8. The van der Waals surface area contributed by atoms with E-state index in [1.54, 1.807) is 23.2 Å². The van der Waals surface area contributed by atoms with Crippen molar-refractivity contribution in [1.82, 2.24) is 4.98 Å². The molecule has 77 heavy (non-hydrogen) atoms. The third-order valence-corrected chi connectivity index (χ3v) is 12.4. The third-order valence-electron chi connectivity index (χ3n) is 12.4. The Labute approximate surface area is 423 Å². The molecule has 1 heterocycles. The normalized spacial score (nSPS) is 11.5. The van der Waals surface area contributed by atoms with Crippen LogP contribution < -0.4 is 31.2 Å². The van der Waals surface area contributed by atoms with Gasteiger partial charge in [-0.3, -0.25) is 4.79 Å². The number of hydrogen-bond donors (Lipinski definition) is 0. The minimum absolute atomic E-state index is 0.0346. The molecule has 7 aromatic rings. The van der Waals surface area contributed by atoms with Gasteiger partial charge in [-0.1, -0.05) is 94.3 Å². The maximum atomic E-state index is 15.4. The second-order valence-electron chi connectivity index (χ2n) is 17.1. The number of Topliss-reactive ketones (excluding diaryl/α,β-unsaturated/α-hetero) is 1. The molecular formula is C52H35BF20N2O2. The summed E-state index contributed by atoms with van der Waals surface area (Å²) in [5.74, 6) is -70.1. The van der Waals surface area contributed by atoms with Gasteiger partial charge in [-0.05, 0) is 30.5 Å². The number of aryl methyl sites for hydroxylation is 1. The van der Waals surface area contributed by atoms with Crippen molar-refractivity contribution < 1.29 is 102 Å². The van der Waals surface area contributed by atoms with Gasteiger partial charge in [-0.15, -0.1) is 21.9 Å². The second-order valence-corrected chi connectivity index (χ2v) is 17.1. The third kappa shape index (κ3) is 11.3. The van der Waals surface area contributed by atoms with Crippen LogP contribution in [0.4, 0.5) is 87.8 Å². The molecule has 0 atom stereocenters. The van der Waals surface area contributed by atoms with Crippen molar-refractivity contribution >= 4 is 33.8 Å². The van der Waals surface area contributed by atoms with E-state index >= 15 is 35.1 Å². The van der Waals surface area contributed by atoms with Crippen molar-refractivity contribution in [2.75, 3.05) is 0 Å². The summed E-state index contributed by atoms with van der Waals surface area (Å²) in [5.41, 5.74) is -12.3. The first-order valence-electron chi connectivity index (χ1n) is 22.9. The molecule has 0 saturated carbocycles. The Bertz CT molecular complexity index is 2950. The molecule has 0 aliphatic heterocycles. The van der Waals surface area contributed by atoms with Gasteiger partial charge < -0.3 is 4.74 Å². The zero-order valence-corrected chi connectivity index (χ0v) is 39.3. The number of carbonyl (C=O) groups is 1. The largest absolute Gasteiger partial charge is 0.404 e. The number of aromatic nitrogens is 2. The number of carbonyl (C=O) groups excluding carboxylic acids is 1. The lowest BCUT2D eigenvalue weighted by Gasteiger charge is -2.44. The Balaban J connectivity index is 0.000000264.